The van der Waals surface area contributed by atoms with Crippen LogP contribution < -0.4 is 14.4 Å². The zero-order valence-electron chi connectivity index (χ0n) is 17.3. The lowest BCUT2D eigenvalue weighted by molar-refractivity contribution is -0.120. The van der Waals surface area contributed by atoms with Gasteiger partial charge in [-0.25, -0.2) is 8.42 Å². The van der Waals surface area contributed by atoms with Crippen LogP contribution in [-0.2, 0) is 14.8 Å². The Morgan fingerprint density at radius 3 is 2.31 bits per heavy atom. The number of sulfonamides is 1. The van der Waals surface area contributed by atoms with Gasteiger partial charge in [0.2, 0.25) is 5.91 Å². The molecule has 0 spiro atoms. The molecule has 0 aromatic heterocycles. The number of carbonyl (C=O) groups excluding carboxylic acids is 1. The van der Waals surface area contributed by atoms with Gasteiger partial charge < -0.3 is 10.1 Å². The van der Waals surface area contributed by atoms with Gasteiger partial charge in [-0.2, -0.15) is 0 Å². The molecule has 6 nitrogen and oxygen atoms in total. The van der Waals surface area contributed by atoms with E-state index in [1.807, 2.05) is 27.7 Å². The van der Waals surface area contributed by atoms with Gasteiger partial charge in [0, 0.05) is 11.1 Å². The zero-order chi connectivity index (χ0) is 21.8. The average molecular weight is 439 g/mol. The Hall–Kier alpha value is -2.25. The molecule has 2 aromatic rings. The van der Waals surface area contributed by atoms with Crippen molar-refractivity contribution in [1.82, 2.24) is 5.32 Å². The largest absolute Gasteiger partial charge is 0.495 e. The number of halogens is 1. The van der Waals surface area contributed by atoms with Gasteiger partial charge in [-0.3, -0.25) is 9.10 Å². The van der Waals surface area contributed by atoms with Crippen LogP contribution in [0.2, 0.25) is 5.02 Å². The maximum absolute atomic E-state index is 13.4. The molecule has 0 heterocycles. The number of nitrogens with zero attached hydrogens (tertiary/aromatic N) is 1. The van der Waals surface area contributed by atoms with Crippen molar-refractivity contribution in [1.29, 1.82) is 0 Å². The van der Waals surface area contributed by atoms with Gasteiger partial charge in [0.15, 0.2) is 0 Å². The molecular formula is C21H27ClN2O4S. The van der Waals surface area contributed by atoms with E-state index in [1.54, 1.807) is 24.3 Å². The van der Waals surface area contributed by atoms with E-state index in [4.69, 9.17) is 16.3 Å². The SMILES string of the molecule is COc1ccc(Cl)cc1N(CC(=O)N[C@@H](C)C(C)C)S(=O)(=O)c1ccc(C)cc1. The van der Waals surface area contributed by atoms with Crippen molar-refractivity contribution in [3.63, 3.8) is 0 Å². The Bertz CT molecular complexity index is 959. The fraction of sp³-hybridized carbons (Fsp3) is 0.381. The van der Waals surface area contributed by atoms with Gasteiger partial charge in [-0.05, 0) is 50.1 Å². The second kappa shape index (κ2) is 9.50. The summed E-state index contributed by atoms with van der Waals surface area (Å²) in [4.78, 5) is 12.7. The van der Waals surface area contributed by atoms with Crippen LogP contribution in [0.4, 0.5) is 5.69 Å². The van der Waals surface area contributed by atoms with Gasteiger partial charge in [0.25, 0.3) is 10.0 Å². The number of aryl methyl sites for hydroxylation is 1. The first kappa shape index (κ1) is 23.0. The first-order chi connectivity index (χ1) is 13.6. The first-order valence-electron chi connectivity index (χ1n) is 9.28. The number of carbonyl (C=O) groups is 1. The second-order valence-corrected chi connectivity index (χ2v) is 9.54. The molecule has 0 aliphatic rings. The summed E-state index contributed by atoms with van der Waals surface area (Å²) in [6.45, 7) is 7.30. The molecule has 0 bridgehead atoms. The molecule has 1 N–H and O–H groups in total. The van der Waals surface area contributed by atoms with Crippen LogP contribution in [0.15, 0.2) is 47.4 Å². The van der Waals surface area contributed by atoms with Gasteiger partial charge in [0.1, 0.15) is 12.3 Å². The van der Waals surface area contributed by atoms with Crippen molar-refractivity contribution < 1.29 is 17.9 Å². The summed E-state index contributed by atoms with van der Waals surface area (Å²) in [7, 11) is -2.60. The Kier molecular flexibility index (Phi) is 7.54. The third-order valence-corrected chi connectivity index (χ3v) is 6.70. The van der Waals surface area contributed by atoms with Crippen molar-refractivity contribution in [2.24, 2.45) is 5.92 Å². The highest BCUT2D eigenvalue weighted by Gasteiger charge is 2.30. The minimum atomic E-state index is -4.04. The van der Waals surface area contributed by atoms with Gasteiger partial charge in [-0.1, -0.05) is 43.1 Å². The highest BCUT2D eigenvalue weighted by molar-refractivity contribution is 7.92. The summed E-state index contributed by atoms with van der Waals surface area (Å²) in [5.74, 6) is 0.0977. The topological polar surface area (TPSA) is 75.7 Å². The molecule has 2 rings (SSSR count). The van der Waals surface area contributed by atoms with Gasteiger partial charge >= 0.3 is 0 Å². The minimum Gasteiger partial charge on any atom is -0.495 e. The van der Waals surface area contributed by atoms with E-state index in [0.717, 1.165) is 9.87 Å². The summed E-state index contributed by atoms with van der Waals surface area (Å²) in [6, 6.07) is 11.0. The third-order valence-electron chi connectivity index (χ3n) is 4.69. The minimum absolute atomic E-state index is 0.0786. The molecule has 0 unspecified atom stereocenters. The quantitative estimate of drug-likeness (QED) is 0.675. The summed E-state index contributed by atoms with van der Waals surface area (Å²) in [5.41, 5.74) is 1.13. The summed E-state index contributed by atoms with van der Waals surface area (Å²) < 4.78 is 33.2. The van der Waals surface area contributed by atoms with E-state index in [9.17, 15) is 13.2 Å². The monoisotopic (exact) mass is 438 g/mol. The van der Waals surface area contributed by atoms with Crippen LogP contribution >= 0.6 is 11.6 Å². The standard InChI is InChI=1S/C21H27ClN2O4S/c1-14(2)16(4)23-21(25)13-24(19-12-17(22)8-11-20(19)28-5)29(26,27)18-9-6-15(3)7-10-18/h6-12,14,16H,13H2,1-5H3,(H,23,25)/t16-/m0/s1. The summed E-state index contributed by atoms with van der Waals surface area (Å²) in [6.07, 6.45) is 0. The Morgan fingerprint density at radius 1 is 1.14 bits per heavy atom. The zero-order valence-corrected chi connectivity index (χ0v) is 18.8. The number of amides is 1. The van der Waals surface area contributed by atoms with Crippen LogP contribution in [-0.4, -0.2) is 34.0 Å². The molecule has 0 aliphatic carbocycles. The molecular weight excluding hydrogens is 412 g/mol. The Morgan fingerprint density at radius 2 is 1.76 bits per heavy atom. The third kappa shape index (κ3) is 5.64. The molecule has 0 saturated carbocycles. The number of anilines is 1. The number of rotatable bonds is 8. The van der Waals surface area contributed by atoms with Crippen molar-refractivity contribution in [3.05, 3.63) is 53.1 Å². The van der Waals surface area contributed by atoms with Gasteiger partial charge in [0.05, 0.1) is 17.7 Å². The lowest BCUT2D eigenvalue weighted by atomic mass is 10.1. The molecule has 0 fully saturated rings. The molecule has 2 aromatic carbocycles. The number of ether oxygens (including phenoxy) is 1. The molecule has 8 heteroatoms. The number of hydrogen-bond donors (Lipinski definition) is 1. The van der Waals surface area contributed by atoms with E-state index < -0.39 is 22.5 Å². The summed E-state index contributed by atoms with van der Waals surface area (Å²) in [5, 5.41) is 3.18. The van der Waals surface area contributed by atoms with E-state index in [-0.39, 0.29) is 22.5 Å². The van der Waals surface area contributed by atoms with Gasteiger partial charge in [-0.15, -0.1) is 0 Å². The predicted molar refractivity (Wildman–Crippen MR) is 116 cm³/mol. The molecule has 0 aliphatic heterocycles. The van der Waals surface area contributed by atoms with Crippen LogP contribution in [0, 0.1) is 12.8 Å². The number of nitrogens with one attached hydrogen (secondary N) is 1. The van der Waals surface area contributed by atoms with E-state index in [1.165, 1.54) is 25.3 Å². The summed E-state index contributed by atoms with van der Waals surface area (Å²) >= 11 is 6.12. The van der Waals surface area contributed by atoms with E-state index >= 15 is 0 Å². The number of hydrogen-bond acceptors (Lipinski definition) is 4. The average Bonchev–Trinajstić information content (AvgIpc) is 2.66. The van der Waals surface area contributed by atoms with Crippen LogP contribution in [0.3, 0.4) is 0 Å². The molecule has 0 radical (unpaired) electrons. The maximum atomic E-state index is 13.4. The first-order valence-corrected chi connectivity index (χ1v) is 11.1. The Labute approximate surface area is 177 Å². The highest BCUT2D eigenvalue weighted by Crippen LogP contribution is 2.34. The molecule has 29 heavy (non-hydrogen) atoms. The second-order valence-electron chi connectivity index (χ2n) is 7.24. The smallest absolute Gasteiger partial charge is 0.264 e. The van der Waals surface area contributed by atoms with Crippen molar-refractivity contribution in [3.8, 4) is 5.75 Å². The molecule has 1 amide bonds. The van der Waals surface area contributed by atoms with Crippen LogP contribution in [0.1, 0.15) is 26.3 Å². The van der Waals surface area contributed by atoms with Crippen molar-refractivity contribution >= 4 is 33.2 Å². The van der Waals surface area contributed by atoms with Crippen LogP contribution in [0.5, 0.6) is 5.75 Å². The number of methoxy groups -OCH3 is 1. The fourth-order valence-electron chi connectivity index (χ4n) is 2.59. The predicted octanol–water partition coefficient (Wildman–Crippen LogP) is 4.01. The molecule has 1 atom stereocenters. The van der Waals surface area contributed by atoms with Crippen molar-refractivity contribution in [2.45, 2.75) is 38.6 Å². The van der Waals surface area contributed by atoms with E-state index in [2.05, 4.69) is 5.32 Å². The van der Waals surface area contributed by atoms with Crippen molar-refractivity contribution in [2.75, 3.05) is 18.0 Å². The molecule has 0 saturated heterocycles. The maximum Gasteiger partial charge on any atom is 0.264 e. The normalized spacial score (nSPS) is 12.5. The Balaban J connectivity index is 2.53. The number of benzene rings is 2. The van der Waals surface area contributed by atoms with Crippen LogP contribution in [0.25, 0.3) is 0 Å². The fourth-order valence-corrected chi connectivity index (χ4v) is 4.18. The lowest BCUT2D eigenvalue weighted by Crippen LogP contribution is -2.45. The molecule has 158 valence electrons. The lowest BCUT2D eigenvalue weighted by Gasteiger charge is -2.27. The van der Waals surface area contributed by atoms with E-state index in [0.29, 0.717) is 10.8 Å². The highest BCUT2D eigenvalue weighted by atomic mass is 35.5.